The Kier molecular flexibility index (Phi) is 4.52. The highest BCUT2D eigenvalue weighted by molar-refractivity contribution is 5.31. The molecule has 0 spiro atoms. The Morgan fingerprint density at radius 3 is 2.69 bits per heavy atom. The molecule has 4 fully saturated rings. The largest absolute Gasteiger partial charge is 0.396 e. The molecule has 0 bridgehead atoms. The van der Waals surface area contributed by atoms with Crippen LogP contribution in [0, 0.1) is 47.0 Å². The summed E-state index contributed by atoms with van der Waals surface area (Å²) in [5, 5.41) is 20.6. The molecule has 4 saturated carbocycles. The van der Waals surface area contributed by atoms with Gasteiger partial charge < -0.3 is 10.2 Å². The van der Waals surface area contributed by atoms with Crippen LogP contribution < -0.4 is 0 Å². The van der Waals surface area contributed by atoms with E-state index in [9.17, 15) is 10.2 Å². The second kappa shape index (κ2) is 6.35. The van der Waals surface area contributed by atoms with Gasteiger partial charge in [-0.15, -0.1) is 0 Å². The molecule has 0 unspecified atom stereocenters. The van der Waals surface area contributed by atoms with E-state index in [1.165, 1.54) is 24.8 Å². The predicted octanol–water partition coefficient (Wildman–Crippen LogP) is 4.80. The van der Waals surface area contributed by atoms with Crippen LogP contribution in [0.5, 0.6) is 0 Å². The summed E-state index contributed by atoms with van der Waals surface area (Å²) in [5.74, 6) is 2.90. The quantitative estimate of drug-likeness (QED) is 0.662. The van der Waals surface area contributed by atoms with Crippen LogP contribution in [0.2, 0.25) is 0 Å². The summed E-state index contributed by atoms with van der Waals surface area (Å²) in [6.45, 7) is 14.7. The number of aliphatic hydroxyl groups is 2. The molecule has 0 heterocycles. The van der Waals surface area contributed by atoms with Gasteiger partial charge in [-0.3, -0.25) is 0 Å². The van der Waals surface area contributed by atoms with Crippen LogP contribution in [-0.2, 0) is 0 Å². The first-order valence-corrected chi connectivity index (χ1v) is 10.7. The Balaban J connectivity index is 1.73. The third kappa shape index (κ3) is 2.45. The highest BCUT2D eigenvalue weighted by Crippen LogP contribution is 2.69. The lowest BCUT2D eigenvalue weighted by Gasteiger charge is -2.63. The molecular formula is C23H35NO2. The number of rotatable bonds is 1. The van der Waals surface area contributed by atoms with Crippen LogP contribution in [-0.4, -0.2) is 22.9 Å². The Bertz CT molecular complexity index is 649. The van der Waals surface area contributed by atoms with Gasteiger partial charge in [0.15, 0.2) is 5.70 Å². The Labute approximate surface area is 158 Å². The van der Waals surface area contributed by atoms with Gasteiger partial charge in [-0.2, -0.15) is 0 Å². The number of hydrogen-bond acceptors (Lipinski definition) is 2. The third-order valence-corrected chi connectivity index (χ3v) is 9.34. The van der Waals surface area contributed by atoms with E-state index < -0.39 is 0 Å². The maximum Gasteiger partial charge on any atom is 0.162 e. The van der Waals surface area contributed by atoms with Crippen molar-refractivity contribution >= 4 is 0 Å². The lowest BCUT2D eigenvalue weighted by molar-refractivity contribution is -0.151. The van der Waals surface area contributed by atoms with Gasteiger partial charge in [0.2, 0.25) is 0 Å². The maximum atomic E-state index is 10.4. The average molecular weight is 358 g/mol. The standard InChI is InChI=1S/C23H35NO2/c1-14(24-4)19-7-8-20-18-6-5-16-11-17(26)9-10-22(16,2)21(18)15(13-25)12-23(19,20)3/h15-18,20-21,25-26H,5-13H2,1-3H3/b19-14-/t15-,16+,17-,18+,20+,21+,22+,23-/m1/s1. The molecule has 0 aromatic rings. The molecular weight excluding hydrogens is 322 g/mol. The number of hydrogen-bond donors (Lipinski definition) is 2. The fraction of sp³-hybridized carbons (Fsp3) is 0.870. The lowest BCUT2D eigenvalue weighted by Crippen LogP contribution is -2.57. The monoisotopic (exact) mass is 357 g/mol. The zero-order valence-electron chi connectivity index (χ0n) is 16.7. The van der Waals surface area contributed by atoms with E-state index >= 15 is 0 Å². The smallest absolute Gasteiger partial charge is 0.162 e. The van der Waals surface area contributed by atoms with E-state index in [0.717, 1.165) is 37.8 Å². The van der Waals surface area contributed by atoms with Gasteiger partial charge in [-0.1, -0.05) is 19.4 Å². The van der Waals surface area contributed by atoms with Crippen LogP contribution in [0.3, 0.4) is 0 Å². The van der Waals surface area contributed by atoms with Crippen LogP contribution >= 0.6 is 0 Å². The molecule has 144 valence electrons. The van der Waals surface area contributed by atoms with E-state index in [4.69, 9.17) is 6.57 Å². The minimum Gasteiger partial charge on any atom is -0.396 e. The Hall–Kier alpha value is -0.850. The van der Waals surface area contributed by atoms with Gasteiger partial charge in [0.05, 0.1) is 12.7 Å². The molecule has 0 saturated heterocycles. The molecule has 4 rings (SSSR count). The van der Waals surface area contributed by atoms with Gasteiger partial charge in [0.1, 0.15) is 0 Å². The first kappa shape index (κ1) is 18.5. The highest BCUT2D eigenvalue weighted by Gasteiger charge is 2.61. The molecule has 2 N–H and O–H groups in total. The number of aliphatic hydroxyl groups excluding tert-OH is 2. The van der Waals surface area contributed by atoms with Gasteiger partial charge in [0, 0.05) is 6.61 Å². The summed E-state index contributed by atoms with van der Waals surface area (Å²) >= 11 is 0. The lowest BCUT2D eigenvalue weighted by atomic mass is 9.42. The summed E-state index contributed by atoms with van der Waals surface area (Å²) in [6.07, 6.45) is 8.72. The zero-order chi connectivity index (χ0) is 18.7. The summed E-state index contributed by atoms with van der Waals surface area (Å²) in [5.41, 5.74) is 2.69. The summed E-state index contributed by atoms with van der Waals surface area (Å²) in [7, 11) is 0. The summed E-state index contributed by atoms with van der Waals surface area (Å²) in [4.78, 5) is 3.79. The Morgan fingerprint density at radius 2 is 2.00 bits per heavy atom. The second-order valence-electron chi connectivity index (χ2n) is 10.3. The van der Waals surface area contributed by atoms with Crippen molar-refractivity contribution in [3.63, 3.8) is 0 Å². The highest BCUT2D eigenvalue weighted by atomic mass is 16.3. The molecule has 0 radical (unpaired) electrons. The molecule has 8 atom stereocenters. The molecule has 0 aromatic heterocycles. The summed E-state index contributed by atoms with van der Waals surface area (Å²) < 4.78 is 0. The van der Waals surface area contributed by atoms with Gasteiger partial charge in [0.25, 0.3) is 0 Å². The van der Waals surface area contributed by atoms with E-state index in [1.54, 1.807) is 0 Å². The zero-order valence-corrected chi connectivity index (χ0v) is 16.7. The SMILES string of the molecule is [C-]#[N+]/C(C)=C1/CC[C@H]2[C@@H]3CC[C@H]4C[C@H](O)CC[C@]4(C)[C@H]3[C@@H](CO)C[C@]12C. The van der Waals surface area contributed by atoms with Crippen molar-refractivity contribution < 1.29 is 10.2 Å². The van der Waals surface area contributed by atoms with Crippen molar-refractivity contribution in [1.82, 2.24) is 0 Å². The van der Waals surface area contributed by atoms with Gasteiger partial charge in [-0.05, 0) is 98.7 Å². The van der Waals surface area contributed by atoms with Crippen molar-refractivity contribution in [2.75, 3.05) is 6.61 Å². The van der Waals surface area contributed by atoms with Crippen molar-refractivity contribution in [2.24, 2.45) is 40.4 Å². The third-order valence-electron chi connectivity index (χ3n) is 9.34. The van der Waals surface area contributed by atoms with E-state index in [2.05, 4.69) is 18.7 Å². The van der Waals surface area contributed by atoms with Crippen LogP contribution in [0.1, 0.15) is 72.1 Å². The summed E-state index contributed by atoms with van der Waals surface area (Å²) in [6, 6.07) is 0. The van der Waals surface area contributed by atoms with E-state index in [-0.39, 0.29) is 23.5 Å². The number of fused-ring (bicyclic) bond motifs is 5. The molecule has 3 nitrogen and oxygen atoms in total. The molecule has 26 heavy (non-hydrogen) atoms. The van der Waals surface area contributed by atoms with Crippen LogP contribution in [0.15, 0.2) is 11.3 Å². The van der Waals surface area contributed by atoms with Gasteiger partial charge in [-0.25, -0.2) is 4.85 Å². The molecule has 4 aliphatic rings. The molecule has 4 aliphatic carbocycles. The first-order valence-electron chi connectivity index (χ1n) is 10.7. The average Bonchev–Trinajstić information content (AvgIpc) is 2.97. The molecule has 3 heteroatoms. The fourth-order valence-electron chi connectivity index (χ4n) is 8.29. The van der Waals surface area contributed by atoms with Crippen LogP contribution in [0.25, 0.3) is 4.85 Å². The minimum absolute atomic E-state index is 0.112. The maximum absolute atomic E-state index is 10.4. The Morgan fingerprint density at radius 1 is 1.23 bits per heavy atom. The molecule has 0 aliphatic heterocycles. The van der Waals surface area contributed by atoms with E-state index in [0.29, 0.717) is 29.6 Å². The second-order valence-corrected chi connectivity index (χ2v) is 10.3. The normalized spacial score (nSPS) is 52.5. The van der Waals surface area contributed by atoms with Crippen molar-refractivity contribution in [2.45, 2.75) is 78.2 Å². The fourth-order valence-corrected chi connectivity index (χ4v) is 8.29. The van der Waals surface area contributed by atoms with Crippen molar-refractivity contribution in [3.8, 4) is 0 Å². The first-order chi connectivity index (χ1) is 12.3. The predicted molar refractivity (Wildman–Crippen MR) is 103 cm³/mol. The van der Waals surface area contributed by atoms with Crippen molar-refractivity contribution in [1.29, 1.82) is 0 Å². The number of allylic oxidation sites excluding steroid dienone is 2. The minimum atomic E-state index is -0.117. The number of nitrogens with zero attached hydrogens (tertiary/aromatic N) is 1. The van der Waals surface area contributed by atoms with E-state index in [1.807, 2.05) is 6.92 Å². The van der Waals surface area contributed by atoms with Gasteiger partial charge >= 0.3 is 0 Å². The van der Waals surface area contributed by atoms with Crippen LogP contribution in [0.4, 0.5) is 0 Å². The molecule has 0 amide bonds. The topological polar surface area (TPSA) is 44.8 Å². The van der Waals surface area contributed by atoms with Crippen molar-refractivity contribution in [3.05, 3.63) is 22.7 Å². The molecule has 0 aromatic carbocycles.